The average Bonchev–Trinajstić information content (AvgIpc) is 2.31. The summed E-state index contributed by atoms with van der Waals surface area (Å²) < 4.78 is 0. The SMILES string of the molecule is CCC1CCCC(CNC)CC1. The van der Waals surface area contributed by atoms with Gasteiger partial charge in [0.15, 0.2) is 0 Å². The maximum absolute atomic E-state index is 3.30. The van der Waals surface area contributed by atoms with Crippen LogP contribution < -0.4 is 5.32 Å². The molecular formula is C11H23N. The minimum atomic E-state index is 0.964. The molecule has 1 N–H and O–H groups in total. The summed E-state index contributed by atoms with van der Waals surface area (Å²) in [7, 11) is 2.07. The van der Waals surface area contributed by atoms with Crippen LogP contribution >= 0.6 is 0 Å². The molecule has 1 aliphatic rings. The van der Waals surface area contributed by atoms with Crippen molar-refractivity contribution in [3.8, 4) is 0 Å². The Labute approximate surface area is 76.9 Å². The normalized spacial score (nSPS) is 31.5. The second-order valence-corrected chi connectivity index (χ2v) is 4.21. The van der Waals surface area contributed by atoms with Crippen LogP contribution in [0.25, 0.3) is 0 Å². The molecule has 2 atom stereocenters. The van der Waals surface area contributed by atoms with Gasteiger partial charge in [-0.15, -0.1) is 0 Å². The average molecular weight is 169 g/mol. The summed E-state index contributed by atoms with van der Waals surface area (Å²) in [6.45, 7) is 3.57. The van der Waals surface area contributed by atoms with Crippen LogP contribution in [0.3, 0.4) is 0 Å². The van der Waals surface area contributed by atoms with Crippen LogP contribution in [0.2, 0.25) is 0 Å². The van der Waals surface area contributed by atoms with E-state index in [4.69, 9.17) is 0 Å². The molecule has 1 aliphatic carbocycles. The lowest BCUT2D eigenvalue weighted by atomic mass is 9.96. The Hall–Kier alpha value is -0.0400. The predicted octanol–water partition coefficient (Wildman–Crippen LogP) is 2.81. The van der Waals surface area contributed by atoms with Crippen LogP contribution in [-0.4, -0.2) is 13.6 Å². The smallest absolute Gasteiger partial charge is 0.00235 e. The van der Waals surface area contributed by atoms with E-state index in [1.54, 1.807) is 0 Å². The van der Waals surface area contributed by atoms with Crippen molar-refractivity contribution in [2.45, 2.75) is 45.4 Å². The summed E-state index contributed by atoms with van der Waals surface area (Å²) in [6, 6.07) is 0. The Morgan fingerprint density at radius 3 is 2.42 bits per heavy atom. The monoisotopic (exact) mass is 169 g/mol. The lowest BCUT2D eigenvalue weighted by Gasteiger charge is -2.13. The van der Waals surface area contributed by atoms with E-state index in [2.05, 4.69) is 19.3 Å². The topological polar surface area (TPSA) is 12.0 Å². The molecule has 72 valence electrons. The molecule has 0 aromatic carbocycles. The quantitative estimate of drug-likeness (QED) is 0.641. The van der Waals surface area contributed by atoms with Crippen LogP contribution in [0.15, 0.2) is 0 Å². The molecular weight excluding hydrogens is 146 g/mol. The maximum Gasteiger partial charge on any atom is -0.00235 e. The molecule has 2 unspecified atom stereocenters. The van der Waals surface area contributed by atoms with Crippen LogP contribution in [0.5, 0.6) is 0 Å². The zero-order chi connectivity index (χ0) is 8.81. The zero-order valence-electron chi connectivity index (χ0n) is 8.60. The maximum atomic E-state index is 3.30. The van der Waals surface area contributed by atoms with Crippen molar-refractivity contribution in [1.29, 1.82) is 0 Å². The van der Waals surface area contributed by atoms with Gasteiger partial charge in [0.05, 0.1) is 0 Å². The van der Waals surface area contributed by atoms with E-state index in [1.807, 2.05) is 0 Å². The summed E-state index contributed by atoms with van der Waals surface area (Å²) >= 11 is 0. The molecule has 1 heteroatoms. The lowest BCUT2D eigenvalue weighted by molar-refractivity contribution is 0.414. The second kappa shape index (κ2) is 5.58. The molecule has 0 bridgehead atoms. The van der Waals surface area contributed by atoms with Crippen molar-refractivity contribution in [1.82, 2.24) is 5.32 Å². The fourth-order valence-corrected chi connectivity index (χ4v) is 2.36. The third-order valence-corrected chi connectivity index (χ3v) is 3.28. The predicted molar refractivity (Wildman–Crippen MR) is 54.3 cm³/mol. The Bertz CT molecular complexity index is 112. The van der Waals surface area contributed by atoms with Crippen molar-refractivity contribution in [3.63, 3.8) is 0 Å². The van der Waals surface area contributed by atoms with Crippen LogP contribution in [0.4, 0.5) is 0 Å². The Kier molecular flexibility index (Phi) is 4.67. The fraction of sp³-hybridized carbons (Fsp3) is 1.00. The standard InChI is InChI=1S/C11H23N/c1-3-10-5-4-6-11(8-7-10)9-12-2/h10-12H,3-9H2,1-2H3. The minimum Gasteiger partial charge on any atom is -0.319 e. The number of hydrogen-bond acceptors (Lipinski definition) is 1. The summed E-state index contributed by atoms with van der Waals surface area (Å²) in [5.74, 6) is 2.00. The fourth-order valence-electron chi connectivity index (χ4n) is 2.36. The summed E-state index contributed by atoms with van der Waals surface area (Å²) in [4.78, 5) is 0. The Morgan fingerprint density at radius 1 is 1.08 bits per heavy atom. The molecule has 0 amide bonds. The molecule has 0 aliphatic heterocycles. The molecule has 1 fully saturated rings. The molecule has 0 aromatic heterocycles. The minimum absolute atomic E-state index is 0.964. The lowest BCUT2D eigenvalue weighted by Crippen LogP contribution is -2.18. The van der Waals surface area contributed by atoms with Gasteiger partial charge in [-0.3, -0.25) is 0 Å². The van der Waals surface area contributed by atoms with E-state index >= 15 is 0 Å². The molecule has 0 heterocycles. The van der Waals surface area contributed by atoms with E-state index < -0.39 is 0 Å². The van der Waals surface area contributed by atoms with E-state index in [-0.39, 0.29) is 0 Å². The first-order chi connectivity index (χ1) is 5.86. The highest BCUT2D eigenvalue weighted by Crippen LogP contribution is 2.28. The molecule has 0 radical (unpaired) electrons. The molecule has 0 saturated heterocycles. The zero-order valence-corrected chi connectivity index (χ0v) is 8.60. The van der Waals surface area contributed by atoms with Crippen molar-refractivity contribution >= 4 is 0 Å². The molecule has 1 nitrogen and oxygen atoms in total. The molecule has 1 saturated carbocycles. The first kappa shape index (κ1) is 10.0. The largest absolute Gasteiger partial charge is 0.319 e. The van der Waals surface area contributed by atoms with Gasteiger partial charge in [0.25, 0.3) is 0 Å². The molecule has 1 rings (SSSR count). The van der Waals surface area contributed by atoms with Crippen LogP contribution in [0.1, 0.15) is 45.4 Å². The first-order valence-electron chi connectivity index (χ1n) is 5.51. The van der Waals surface area contributed by atoms with Gasteiger partial charge in [0.2, 0.25) is 0 Å². The number of hydrogen-bond donors (Lipinski definition) is 1. The highest BCUT2D eigenvalue weighted by Gasteiger charge is 2.16. The first-order valence-corrected chi connectivity index (χ1v) is 5.51. The Balaban J connectivity index is 2.24. The van der Waals surface area contributed by atoms with Crippen LogP contribution in [0, 0.1) is 11.8 Å². The molecule has 0 aromatic rings. The molecule has 12 heavy (non-hydrogen) atoms. The van der Waals surface area contributed by atoms with E-state index in [1.165, 1.54) is 45.1 Å². The third kappa shape index (κ3) is 3.14. The van der Waals surface area contributed by atoms with Gasteiger partial charge in [-0.25, -0.2) is 0 Å². The summed E-state index contributed by atoms with van der Waals surface area (Å²) in [5, 5.41) is 3.30. The van der Waals surface area contributed by atoms with Gasteiger partial charge in [-0.05, 0) is 38.3 Å². The van der Waals surface area contributed by atoms with Gasteiger partial charge in [-0.1, -0.05) is 32.6 Å². The van der Waals surface area contributed by atoms with Crippen molar-refractivity contribution in [2.24, 2.45) is 11.8 Å². The van der Waals surface area contributed by atoms with Gasteiger partial charge in [0.1, 0.15) is 0 Å². The highest BCUT2D eigenvalue weighted by atomic mass is 14.8. The van der Waals surface area contributed by atoms with Gasteiger partial charge in [-0.2, -0.15) is 0 Å². The van der Waals surface area contributed by atoms with Gasteiger partial charge in [0, 0.05) is 0 Å². The van der Waals surface area contributed by atoms with Crippen molar-refractivity contribution < 1.29 is 0 Å². The molecule has 0 spiro atoms. The number of nitrogens with one attached hydrogen (secondary N) is 1. The second-order valence-electron chi connectivity index (χ2n) is 4.21. The van der Waals surface area contributed by atoms with Crippen LogP contribution in [-0.2, 0) is 0 Å². The highest BCUT2D eigenvalue weighted by molar-refractivity contribution is 4.70. The van der Waals surface area contributed by atoms with E-state index in [9.17, 15) is 0 Å². The van der Waals surface area contributed by atoms with Gasteiger partial charge >= 0.3 is 0 Å². The van der Waals surface area contributed by atoms with E-state index in [0.29, 0.717) is 0 Å². The van der Waals surface area contributed by atoms with Crippen molar-refractivity contribution in [3.05, 3.63) is 0 Å². The summed E-state index contributed by atoms with van der Waals surface area (Å²) in [6.07, 6.45) is 8.73. The van der Waals surface area contributed by atoms with E-state index in [0.717, 1.165) is 11.8 Å². The Morgan fingerprint density at radius 2 is 1.75 bits per heavy atom. The third-order valence-electron chi connectivity index (χ3n) is 3.28. The van der Waals surface area contributed by atoms with Gasteiger partial charge < -0.3 is 5.32 Å². The summed E-state index contributed by atoms with van der Waals surface area (Å²) in [5.41, 5.74) is 0. The number of rotatable bonds is 3. The van der Waals surface area contributed by atoms with Crippen molar-refractivity contribution in [2.75, 3.05) is 13.6 Å².